The van der Waals surface area contributed by atoms with Crippen molar-refractivity contribution in [2.45, 2.75) is 6.92 Å². The van der Waals surface area contributed by atoms with Gasteiger partial charge in [-0.05, 0) is 35.0 Å². The van der Waals surface area contributed by atoms with Gasteiger partial charge in [0.1, 0.15) is 9.48 Å². The lowest BCUT2D eigenvalue weighted by atomic mass is 10.3. The summed E-state index contributed by atoms with van der Waals surface area (Å²) < 4.78 is 0.751. The molecule has 0 radical (unpaired) electrons. The molecule has 16 heavy (non-hydrogen) atoms. The molecule has 0 bridgehead atoms. The average Bonchev–Trinajstić information content (AvgIpc) is 2.75. The number of anilines is 1. The molecular formula is C10H8BrN3OS. The molecule has 0 aromatic carbocycles. The number of pyridine rings is 1. The van der Waals surface area contributed by atoms with E-state index in [1.54, 1.807) is 17.8 Å². The van der Waals surface area contributed by atoms with Crippen LogP contribution >= 0.6 is 27.3 Å². The Kier molecular flexibility index (Phi) is 3.31. The maximum Gasteiger partial charge on any atom is 0.267 e. The fourth-order valence-corrected chi connectivity index (χ4v) is 2.09. The van der Waals surface area contributed by atoms with Gasteiger partial charge in [0, 0.05) is 0 Å². The first kappa shape index (κ1) is 11.2. The van der Waals surface area contributed by atoms with E-state index < -0.39 is 0 Å². The van der Waals surface area contributed by atoms with Crippen molar-refractivity contribution >= 4 is 38.9 Å². The number of halogens is 1. The molecule has 0 atom stereocenters. The molecule has 0 aliphatic carbocycles. The summed E-state index contributed by atoms with van der Waals surface area (Å²) in [6.45, 7) is 1.84. The third-order valence-electron chi connectivity index (χ3n) is 1.96. The first-order valence-electron chi connectivity index (χ1n) is 4.50. The van der Waals surface area contributed by atoms with Crippen molar-refractivity contribution in [1.82, 2.24) is 9.97 Å². The van der Waals surface area contributed by atoms with Crippen LogP contribution in [-0.4, -0.2) is 15.9 Å². The van der Waals surface area contributed by atoms with E-state index >= 15 is 0 Å². The van der Waals surface area contributed by atoms with E-state index in [4.69, 9.17) is 0 Å². The van der Waals surface area contributed by atoms with Crippen LogP contribution < -0.4 is 5.32 Å². The molecule has 82 valence electrons. The summed E-state index contributed by atoms with van der Waals surface area (Å²) in [5.74, 6) is -0.158. The van der Waals surface area contributed by atoms with Crippen LogP contribution in [0.25, 0.3) is 0 Å². The summed E-state index contributed by atoms with van der Waals surface area (Å²) in [6.07, 6.45) is 1.54. The van der Waals surface area contributed by atoms with Gasteiger partial charge in [-0.25, -0.2) is 4.98 Å². The van der Waals surface area contributed by atoms with Crippen LogP contribution in [0.3, 0.4) is 0 Å². The number of nitrogens with one attached hydrogen (secondary N) is 1. The Morgan fingerprint density at radius 1 is 1.50 bits per heavy atom. The maximum absolute atomic E-state index is 11.7. The molecule has 1 N–H and O–H groups in total. The number of hydrogen-bond acceptors (Lipinski definition) is 4. The second kappa shape index (κ2) is 4.71. The number of amides is 1. The van der Waals surface area contributed by atoms with Gasteiger partial charge in [-0.1, -0.05) is 0 Å². The first-order chi connectivity index (χ1) is 7.66. The van der Waals surface area contributed by atoms with Crippen LogP contribution in [0.4, 0.5) is 5.69 Å². The van der Waals surface area contributed by atoms with Gasteiger partial charge in [0.25, 0.3) is 5.91 Å². The smallest absolute Gasteiger partial charge is 0.267 e. The highest BCUT2D eigenvalue weighted by Crippen LogP contribution is 2.17. The van der Waals surface area contributed by atoms with Crippen LogP contribution in [0.15, 0.2) is 28.4 Å². The van der Waals surface area contributed by atoms with Gasteiger partial charge in [0.15, 0.2) is 0 Å². The Morgan fingerprint density at radius 2 is 2.31 bits per heavy atom. The van der Waals surface area contributed by atoms with E-state index in [0.29, 0.717) is 10.6 Å². The summed E-state index contributed by atoms with van der Waals surface area (Å²) in [5, 5.41) is 2.79. The normalized spacial score (nSPS) is 10.1. The molecule has 6 heteroatoms. The Morgan fingerprint density at radius 3 is 2.94 bits per heavy atom. The molecule has 0 aliphatic rings. The highest BCUT2D eigenvalue weighted by molar-refractivity contribution is 9.10. The summed E-state index contributed by atoms with van der Waals surface area (Å²) in [6, 6.07) is 3.60. The van der Waals surface area contributed by atoms with Gasteiger partial charge in [-0.3, -0.25) is 9.78 Å². The van der Waals surface area contributed by atoms with Gasteiger partial charge >= 0.3 is 0 Å². The Labute approximate surface area is 105 Å². The monoisotopic (exact) mass is 297 g/mol. The molecule has 4 nitrogen and oxygen atoms in total. The molecule has 2 aromatic rings. The molecule has 0 fully saturated rings. The summed E-state index contributed by atoms with van der Waals surface area (Å²) in [5.41, 5.74) is 3.11. The number of carbonyl (C=O) groups excluding carboxylic acids is 1. The topological polar surface area (TPSA) is 54.9 Å². The zero-order chi connectivity index (χ0) is 11.5. The fraction of sp³-hybridized carbons (Fsp3) is 0.100. The third kappa shape index (κ3) is 2.45. The summed E-state index contributed by atoms with van der Waals surface area (Å²) in [7, 11) is 0. The molecule has 1 amide bonds. The molecule has 0 aliphatic heterocycles. The van der Waals surface area contributed by atoms with Crippen LogP contribution in [0, 0.1) is 6.92 Å². The molecule has 2 aromatic heterocycles. The third-order valence-corrected chi connectivity index (χ3v) is 3.17. The number of aromatic nitrogens is 2. The minimum absolute atomic E-state index is 0.158. The van der Waals surface area contributed by atoms with Gasteiger partial charge in [0.2, 0.25) is 0 Å². The number of thiazole rings is 1. The lowest BCUT2D eigenvalue weighted by Gasteiger charge is -2.06. The van der Waals surface area contributed by atoms with Crippen molar-refractivity contribution in [2.24, 2.45) is 0 Å². The molecule has 0 spiro atoms. The summed E-state index contributed by atoms with van der Waals surface area (Å²) >= 11 is 4.58. The lowest BCUT2D eigenvalue weighted by molar-refractivity contribution is 0.103. The van der Waals surface area contributed by atoms with Crippen LogP contribution in [0.1, 0.15) is 15.4 Å². The van der Waals surface area contributed by atoms with Crippen LogP contribution in [0.2, 0.25) is 0 Å². The fourth-order valence-electron chi connectivity index (χ4n) is 1.17. The number of nitrogens with zero attached hydrogens (tertiary/aromatic N) is 2. The largest absolute Gasteiger partial charge is 0.320 e. The van der Waals surface area contributed by atoms with Crippen molar-refractivity contribution in [3.8, 4) is 0 Å². The van der Waals surface area contributed by atoms with Crippen LogP contribution in [0.5, 0.6) is 0 Å². The SMILES string of the molecule is Cc1nc(Br)ccc1NC(=O)c1cncs1. The van der Waals surface area contributed by atoms with Gasteiger partial charge in [0.05, 0.1) is 23.1 Å². The maximum atomic E-state index is 11.7. The average molecular weight is 298 g/mol. The van der Waals surface area contributed by atoms with Crippen molar-refractivity contribution in [3.05, 3.63) is 39.0 Å². The number of carbonyl (C=O) groups is 1. The van der Waals surface area contributed by atoms with Crippen molar-refractivity contribution in [1.29, 1.82) is 0 Å². The van der Waals surface area contributed by atoms with Gasteiger partial charge in [-0.2, -0.15) is 0 Å². The number of hydrogen-bond donors (Lipinski definition) is 1. The Hall–Kier alpha value is -1.27. The quantitative estimate of drug-likeness (QED) is 0.867. The predicted molar refractivity (Wildman–Crippen MR) is 66.7 cm³/mol. The second-order valence-electron chi connectivity index (χ2n) is 3.09. The molecule has 0 unspecified atom stereocenters. The number of rotatable bonds is 2. The Bertz CT molecular complexity index is 513. The van der Waals surface area contributed by atoms with E-state index in [-0.39, 0.29) is 5.91 Å². The van der Waals surface area contributed by atoms with Crippen molar-refractivity contribution in [2.75, 3.05) is 5.32 Å². The van der Waals surface area contributed by atoms with E-state index in [1.165, 1.54) is 11.3 Å². The lowest BCUT2D eigenvalue weighted by Crippen LogP contribution is -2.11. The number of aryl methyl sites for hydroxylation is 1. The molecule has 0 saturated heterocycles. The van der Waals surface area contributed by atoms with E-state index in [0.717, 1.165) is 10.3 Å². The summed E-state index contributed by atoms with van der Waals surface area (Å²) in [4.78, 5) is 20.4. The van der Waals surface area contributed by atoms with Crippen LogP contribution in [-0.2, 0) is 0 Å². The van der Waals surface area contributed by atoms with E-state index in [2.05, 4.69) is 31.2 Å². The highest BCUT2D eigenvalue weighted by Gasteiger charge is 2.09. The first-order valence-corrected chi connectivity index (χ1v) is 6.17. The van der Waals surface area contributed by atoms with E-state index in [9.17, 15) is 4.79 Å². The molecular weight excluding hydrogens is 290 g/mol. The predicted octanol–water partition coefficient (Wildman–Crippen LogP) is 2.86. The zero-order valence-electron chi connectivity index (χ0n) is 8.40. The minimum Gasteiger partial charge on any atom is -0.320 e. The molecule has 2 rings (SSSR count). The van der Waals surface area contributed by atoms with Crippen molar-refractivity contribution < 1.29 is 4.79 Å². The highest BCUT2D eigenvalue weighted by atomic mass is 79.9. The minimum atomic E-state index is -0.158. The van der Waals surface area contributed by atoms with Gasteiger partial charge < -0.3 is 5.32 Å². The molecule has 2 heterocycles. The second-order valence-corrected chi connectivity index (χ2v) is 4.79. The molecule has 0 saturated carbocycles. The Balaban J connectivity index is 2.18. The van der Waals surface area contributed by atoms with E-state index in [1.807, 2.05) is 13.0 Å². The zero-order valence-corrected chi connectivity index (χ0v) is 10.8. The van der Waals surface area contributed by atoms with Gasteiger partial charge in [-0.15, -0.1) is 11.3 Å². The standard InChI is InChI=1S/C10H8BrN3OS/c1-6-7(2-3-9(11)13-6)14-10(15)8-4-12-5-16-8/h2-5H,1H3,(H,14,15). The van der Waals surface area contributed by atoms with Crippen molar-refractivity contribution in [3.63, 3.8) is 0 Å².